The third-order valence-electron chi connectivity index (χ3n) is 2.36. The van der Waals surface area contributed by atoms with E-state index in [2.05, 4.69) is 18.6 Å². The molecule has 20 heavy (non-hydrogen) atoms. The van der Waals surface area contributed by atoms with Crippen LogP contribution in [0.1, 0.15) is 17.2 Å². The zero-order valence-corrected chi connectivity index (χ0v) is 13.6. The first-order valence-corrected chi connectivity index (χ1v) is 7.29. The molecule has 2 rings (SSSR count). The fourth-order valence-corrected chi connectivity index (χ4v) is 1.54. The summed E-state index contributed by atoms with van der Waals surface area (Å²) >= 11 is 0. The van der Waals surface area contributed by atoms with Crippen molar-refractivity contribution in [3.63, 3.8) is 0 Å². The van der Waals surface area contributed by atoms with Crippen LogP contribution in [0.3, 0.4) is 0 Å². The molecule has 0 radical (unpaired) electrons. The number of benzene rings is 2. The number of nitrogens with two attached hydrogens (primary N) is 1. The van der Waals surface area contributed by atoms with Crippen LogP contribution in [0, 0.1) is 6.42 Å². The van der Waals surface area contributed by atoms with Gasteiger partial charge >= 0.3 is 19.5 Å². The molecular weight excluding hydrogens is 359 g/mol. The molecule has 2 N–H and O–H groups in total. The van der Waals surface area contributed by atoms with Crippen molar-refractivity contribution in [2.75, 3.05) is 6.26 Å². The first-order valence-electron chi connectivity index (χ1n) is 5.81. The monoisotopic (exact) mass is 377 g/mol. The summed E-state index contributed by atoms with van der Waals surface area (Å²) in [5, 5.41) is 0. The molecule has 0 saturated carbocycles. The zero-order valence-electron chi connectivity index (χ0n) is 11.1. The molecule has 0 spiro atoms. The van der Waals surface area contributed by atoms with Crippen LogP contribution >= 0.6 is 0 Å². The quantitative estimate of drug-likeness (QED) is 0.509. The second kappa shape index (κ2) is 10.6. The van der Waals surface area contributed by atoms with Gasteiger partial charge in [0.15, 0.2) is 0 Å². The van der Waals surface area contributed by atoms with Gasteiger partial charge in [0.1, 0.15) is 0 Å². The minimum Gasteiger partial charge on any atom is -0.424 e. The fourth-order valence-electron chi connectivity index (χ4n) is 1.54. The summed E-state index contributed by atoms with van der Waals surface area (Å²) < 4.78 is 18.0. The topological polar surface area (TPSA) is 60.2 Å². The van der Waals surface area contributed by atoms with Crippen molar-refractivity contribution in [1.82, 2.24) is 0 Å². The molecule has 5 heteroatoms. The third kappa shape index (κ3) is 8.10. The van der Waals surface area contributed by atoms with Gasteiger partial charge < -0.3 is 14.2 Å². The van der Waals surface area contributed by atoms with Gasteiger partial charge in [0.25, 0.3) is 0 Å². The molecule has 0 unspecified atom stereocenters. The first-order chi connectivity index (χ1) is 9.09. The van der Waals surface area contributed by atoms with Crippen molar-refractivity contribution in [3.8, 4) is 0 Å². The van der Waals surface area contributed by atoms with Gasteiger partial charge in [0.2, 0.25) is 0 Å². The van der Waals surface area contributed by atoms with E-state index in [0.717, 1.165) is 17.4 Å². The van der Waals surface area contributed by atoms with Gasteiger partial charge in [-0.1, -0.05) is 53.4 Å². The zero-order chi connectivity index (χ0) is 14.1. The Bertz CT molecular complexity index is 536. The van der Waals surface area contributed by atoms with Crippen molar-refractivity contribution in [3.05, 3.63) is 78.2 Å². The third-order valence-corrected chi connectivity index (χ3v) is 2.36. The number of rotatable bonds is 3. The summed E-state index contributed by atoms with van der Waals surface area (Å²) in [7, 11) is -1.86. The van der Waals surface area contributed by atoms with Crippen LogP contribution < -0.4 is 5.73 Å². The van der Waals surface area contributed by atoms with Crippen LogP contribution in [0.2, 0.25) is 0 Å². The Morgan fingerprint density at radius 3 is 1.80 bits per heavy atom. The van der Waals surface area contributed by atoms with Gasteiger partial charge in [0.05, 0.1) is 0 Å². The maximum atomic E-state index is 9.00. The van der Waals surface area contributed by atoms with Crippen molar-refractivity contribution in [2.45, 2.75) is 6.04 Å². The molecule has 0 saturated heterocycles. The Labute approximate surface area is 134 Å². The Balaban J connectivity index is 0.000000644. The molecule has 0 amide bonds. The predicted octanol–water partition coefficient (Wildman–Crippen LogP) is 2.86. The minimum atomic E-state index is -1.86. The van der Waals surface area contributed by atoms with Crippen molar-refractivity contribution in [2.24, 2.45) is 5.73 Å². The van der Waals surface area contributed by atoms with Crippen LogP contribution in [0.15, 0.2) is 60.7 Å². The summed E-state index contributed by atoms with van der Waals surface area (Å²) in [6.07, 6.45) is 3.15. The molecule has 0 fully saturated rings. The van der Waals surface area contributed by atoms with E-state index in [0.29, 0.717) is 0 Å². The van der Waals surface area contributed by atoms with Gasteiger partial charge in [0, 0.05) is 6.04 Å². The van der Waals surface area contributed by atoms with Crippen LogP contribution in [0.4, 0.5) is 0 Å². The molecule has 2 aromatic carbocycles. The summed E-state index contributed by atoms with van der Waals surface area (Å²) in [4.78, 5) is 0. The average molecular weight is 376 g/mol. The van der Waals surface area contributed by atoms with E-state index in [4.69, 9.17) is 14.2 Å². The number of hydrogen-bond acceptors (Lipinski definition) is 4. The molecule has 2 aromatic rings. The molecule has 0 aromatic heterocycles. The van der Waals surface area contributed by atoms with Crippen LogP contribution in [0.25, 0.3) is 0 Å². The fraction of sp³-hybridized carbons (Fsp3) is 0.133. The van der Waals surface area contributed by atoms with Crippen LogP contribution in [-0.2, 0) is 38.6 Å². The standard InChI is InChI=1S/C14H14N.CH3O2S.Ru/c15-14(13-9-5-2-6-10-13)11-12-7-3-1-4-8-12;1-4(2)3;/h1-11,14H,15H2;1H3;/q2*-1;+2/t14-;;/m0../s1. The van der Waals surface area contributed by atoms with Crippen LogP contribution in [0.5, 0.6) is 0 Å². The molecular formula is C15H17NO2RuS. The smallest absolute Gasteiger partial charge is 0.424 e. The molecule has 1 atom stereocenters. The average Bonchev–Trinajstić information content (AvgIpc) is 2.40. The van der Waals surface area contributed by atoms with E-state index < -0.39 is 10.7 Å². The normalized spacial score (nSPS) is 10.8. The molecule has 0 bridgehead atoms. The second-order valence-corrected chi connectivity index (χ2v) is 4.72. The SMILES string of the molecule is C[S-](=O)=O.N[C@@H]([CH-]c1ccccc1)c1ccccc1.[Ru+2]. The molecule has 108 valence electrons. The molecule has 0 aliphatic carbocycles. The van der Waals surface area contributed by atoms with E-state index >= 15 is 0 Å². The molecule has 0 aliphatic rings. The Morgan fingerprint density at radius 2 is 1.35 bits per heavy atom. The van der Waals surface area contributed by atoms with Gasteiger partial charge in [-0.15, -0.1) is 12.1 Å². The van der Waals surface area contributed by atoms with Crippen molar-refractivity contribution >= 4 is 10.7 Å². The second-order valence-electron chi connectivity index (χ2n) is 3.92. The summed E-state index contributed by atoms with van der Waals surface area (Å²) in [5.74, 6) is 0. The maximum absolute atomic E-state index is 9.00. The largest absolute Gasteiger partial charge is 2.00 e. The minimum absolute atomic E-state index is 0. The summed E-state index contributed by atoms with van der Waals surface area (Å²) in [6, 6.07) is 20.2. The molecule has 0 aliphatic heterocycles. The Kier molecular flexibility index (Phi) is 10.00. The van der Waals surface area contributed by atoms with Gasteiger partial charge in [-0.25, -0.2) is 0 Å². The predicted molar refractivity (Wildman–Crippen MR) is 77.9 cm³/mol. The maximum Gasteiger partial charge on any atom is 2.00 e. The summed E-state index contributed by atoms with van der Waals surface area (Å²) in [6.45, 7) is 0. The Morgan fingerprint density at radius 1 is 0.950 bits per heavy atom. The van der Waals surface area contributed by atoms with Crippen molar-refractivity contribution in [1.29, 1.82) is 0 Å². The Hall–Kier alpha value is -1.16. The van der Waals surface area contributed by atoms with Gasteiger partial charge in [-0.2, -0.15) is 24.1 Å². The van der Waals surface area contributed by atoms with E-state index in [1.54, 1.807) is 0 Å². The van der Waals surface area contributed by atoms with E-state index in [1.165, 1.54) is 0 Å². The van der Waals surface area contributed by atoms with Crippen LogP contribution in [-0.4, -0.2) is 6.26 Å². The van der Waals surface area contributed by atoms with E-state index in [1.807, 2.05) is 48.5 Å². The van der Waals surface area contributed by atoms with E-state index in [9.17, 15) is 0 Å². The van der Waals surface area contributed by atoms with Crippen molar-refractivity contribution < 1.29 is 27.9 Å². The molecule has 0 heterocycles. The first kappa shape index (κ1) is 18.8. The molecule has 3 nitrogen and oxygen atoms in total. The number of hydrogen-bond donors (Lipinski definition) is 1. The van der Waals surface area contributed by atoms with Gasteiger partial charge in [-0.3, -0.25) is 0 Å². The van der Waals surface area contributed by atoms with E-state index in [-0.39, 0.29) is 25.5 Å². The van der Waals surface area contributed by atoms with Gasteiger partial charge in [-0.05, 0) is 5.56 Å². The summed E-state index contributed by atoms with van der Waals surface area (Å²) in [5.41, 5.74) is 8.37.